The number of piperidine rings is 1. The third-order valence-corrected chi connectivity index (χ3v) is 5.78. The molecule has 3 N–H and O–H groups in total. The van der Waals surface area contributed by atoms with Gasteiger partial charge in [-0.15, -0.1) is 0 Å². The van der Waals surface area contributed by atoms with E-state index in [4.69, 9.17) is 10.5 Å². The van der Waals surface area contributed by atoms with Gasteiger partial charge >= 0.3 is 0 Å². The summed E-state index contributed by atoms with van der Waals surface area (Å²) in [7, 11) is 0. The van der Waals surface area contributed by atoms with Gasteiger partial charge in [-0.3, -0.25) is 9.59 Å². The summed E-state index contributed by atoms with van der Waals surface area (Å²) in [6.07, 6.45) is 3.40. The zero-order valence-corrected chi connectivity index (χ0v) is 15.5. The van der Waals surface area contributed by atoms with Crippen LogP contribution in [-0.2, 0) is 9.53 Å². The van der Waals surface area contributed by atoms with Gasteiger partial charge in [-0.1, -0.05) is 6.92 Å². The summed E-state index contributed by atoms with van der Waals surface area (Å²) in [6.45, 7) is 5.30. The van der Waals surface area contributed by atoms with Gasteiger partial charge in [0.15, 0.2) is 0 Å². The van der Waals surface area contributed by atoms with Crippen LogP contribution in [0.5, 0.6) is 0 Å². The minimum Gasteiger partial charge on any atom is -0.381 e. The molecule has 2 aliphatic heterocycles. The van der Waals surface area contributed by atoms with Crippen LogP contribution in [0.4, 0.5) is 5.69 Å². The lowest BCUT2D eigenvalue weighted by Crippen LogP contribution is -2.46. The minimum atomic E-state index is -0.558. The van der Waals surface area contributed by atoms with E-state index in [-0.39, 0.29) is 11.8 Å². The van der Waals surface area contributed by atoms with Gasteiger partial charge in [0, 0.05) is 44.1 Å². The fraction of sp³-hybridized carbons (Fsp3) is 0.600. The highest BCUT2D eigenvalue weighted by atomic mass is 16.5. The first-order valence-corrected chi connectivity index (χ1v) is 9.53. The second-order valence-corrected chi connectivity index (χ2v) is 7.60. The summed E-state index contributed by atoms with van der Waals surface area (Å²) in [5.74, 6) is 0.696. The van der Waals surface area contributed by atoms with E-state index in [1.54, 1.807) is 24.3 Å². The van der Waals surface area contributed by atoms with E-state index >= 15 is 0 Å². The molecule has 0 saturated carbocycles. The van der Waals surface area contributed by atoms with Crippen LogP contribution in [0.15, 0.2) is 24.3 Å². The van der Waals surface area contributed by atoms with Crippen molar-refractivity contribution in [2.75, 3.05) is 38.2 Å². The summed E-state index contributed by atoms with van der Waals surface area (Å²) in [5, 5.41) is 2.96. The summed E-state index contributed by atoms with van der Waals surface area (Å²) >= 11 is 0. The molecule has 6 nitrogen and oxygen atoms in total. The van der Waals surface area contributed by atoms with Gasteiger partial charge in [0.1, 0.15) is 0 Å². The van der Waals surface area contributed by atoms with Crippen molar-refractivity contribution < 1.29 is 14.3 Å². The summed E-state index contributed by atoms with van der Waals surface area (Å²) in [6, 6.07) is 7.16. The molecule has 0 bridgehead atoms. The van der Waals surface area contributed by atoms with Crippen molar-refractivity contribution in [2.45, 2.75) is 32.6 Å². The average molecular weight is 359 g/mol. The first-order valence-electron chi connectivity index (χ1n) is 9.53. The van der Waals surface area contributed by atoms with E-state index in [1.807, 2.05) is 4.90 Å². The lowest BCUT2D eigenvalue weighted by molar-refractivity contribution is -0.130. The molecule has 1 aromatic rings. The Hall–Kier alpha value is -1.92. The monoisotopic (exact) mass is 359 g/mol. The number of hydrogen-bond donors (Lipinski definition) is 2. The smallest absolute Gasteiger partial charge is 0.253 e. The van der Waals surface area contributed by atoms with Gasteiger partial charge < -0.3 is 20.7 Å². The number of likely N-dealkylation sites (tertiary alicyclic amines) is 1. The normalized spacial score (nSPS) is 20.6. The predicted molar refractivity (Wildman–Crippen MR) is 101 cm³/mol. The number of anilines is 1. The molecule has 0 aromatic heterocycles. The van der Waals surface area contributed by atoms with E-state index in [2.05, 4.69) is 12.2 Å². The lowest BCUT2D eigenvalue weighted by atomic mass is 9.79. The first kappa shape index (κ1) is 18.9. The van der Waals surface area contributed by atoms with Crippen LogP contribution < -0.4 is 11.1 Å². The number of ether oxygens (including phenoxy) is 1. The molecular formula is C20H29N3O3. The van der Waals surface area contributed by atoms with E-state index in [0.717, 1.165) is 25.9 Å². The number of nitrogens with zero attached hydrogens (tertiary/aromatic N) is 1. The maximum absolute atomic E-state index is 12.7. The Balaban J connectivity index is 1.62. The molecule has 26 heavy (non-hydrogen) atoms. The zero-order valence-electron chi connectivity index (χ0n) is 15.5. The van der Waals surface area contributed by atoms with Crippen molar-refractivity contribution in [3.63, 3.8) is 0 Å². The van der Waals surface area contributed by atoms with Crippen molar-refractivity contribution in [3.8, 4) is 0 Å². The van der Waals surface area contributed by atoms with Crippen LogP contribution in [0.2, 0.25) is 0 Å². The third-order valence-electron chi connectivity index (χ3n) is 5.78. The zero-order chi connectivity index (χ0) is 18.6. The van der Waals surface area contributed by atoms with Crippen molar-refractivity contribution >= 4 is 17.5 Å². The molecule has 2 heterocycles. The number of carbonyl (C=O) groups excluding carboxylic acids is 2. The first-order chi connectivity index (χ1) is 12.5. The summed E-state index contributed by atoms with van der Waals surface area (Å²) < 4.78 is 5.36. The molecule has 6 heteroatoms. The fourth-order valence-electron chi connectivity index (χ4n) is 3.64. The number of hydrogen-bond acceptors (Lipinski definition) is 4. The Morgan fingerprint density at radius 3 is 2.38 bits per heavy atom. The Morgan fingerprint density at radius 1 is 1.19 bits per heavy atom. The molecule has 0 radical (unpaired) electrons. The van der Waals surface area contributed by atoms with E-state index < -0.39 is 5.41 Å². The highest BCUT2D eigenvalue weighted by Crippen LogP contribution is 2.31. The van der Waals surface area contributed by atoms with Gasteiger partial charge in [0.05, 0.1) is 5.41 Å². The van der Waals surface area contributed by atoms with E-state index in [0.29, 0.717) is 49.8 Å². The molecule has 2 aliphatic rings. The van der Waals surface area contributed by atoms with Gasteiger partial charge in [0.25, 0.3) is 5.91 Å². The molecule has 0 atom stereocenters. The van der Waals surface area contributed by atoms with Crippen molar-refractivity contribution in [1.82, 2.24) is 4.90 Å². The fourth-order valence-corrected chi connectivity index (χ4v) is 3.64. The average Bonchev–Trinajstić information content (AvgIpc) is 2.69. The molecule has 2 saturated heterocycles. The summed E-state index contributed by atoms with van der Waals surface area (Å²) in [5.41, 5.74) is 6.68. The molecule has 0 spiro atoms. The number of nitrogens with one attached hydrogen (secondary N) is 1. The Labute approximate surface area is 155 Å². The largest absolute Gasteiger partial charge is 0.381 e. The topological polar surface area (TPSA) is 84.7 Å². The van der Waals surface area contributed by atoms with Crippen LogP contribution in [0.25, 0.3) is 0 Å². The number of nitrogens with two attached hydrogens (primary N) is 1. The van der Waals surface area contributed by atoms with Crippen molar-refractivity contribution in [1.29, 1.82) is 0 Å². The van der Waals surface area contributed by atoms with Gasteiger partial charge in [-0.05, 0) is 55.9 Å². The van der Waals surface area contributed by atoms with Crippen LogP contribution in [0.1, 0.15) is 43.0 Å². The quantitative estimate of drug-likeness (QED) is 0.863. The molecular weight excluding hydrogens is 330 g/mol. The van der Waals surface area contributed by atoms with Crippen molar-refractivity contribution in [3.05, 3.63) is 29.8 Å². The predicted octanol–water partition coefficient (Wildman–Crippen LogP) is 2.25. The van der Waals surface area contributed by atoms with Gasteiger partial charge in [-0.25, -0.2) is 0 Å². The lowest BCUT2D eigenvalue weighted by Gasteiger charge is -2.34. The Bertz CT molecular complexity index is 630. The van der Waals surface area contributed by atoms with Crippen LogP contribution in [0.3, 0.4) is 0 Å². The molecule has 3 rings (SSSR count). The van der Waals surface area contributed by atoms with Gasteiger partial charge in [-0.2, -0.15) is 0 Å². The van der Waals surface area contributed by atoms with Crippen LogP contribution >= 0.6 is 0 Å². The van der Waals surface area contributed by atoms with Crippen LogP contribution in [-0.4, -0.2) is 49.6 Å². The van der Waals surface area contributed by atoms with Crippen molar-refractivity contribution in [2.24, 2.45) is 17.1 Å². The number of rotatable bonds is 4. The third kappa shape index (κ3) is 4.07. The SMILES string of the molecule is CC1CCN(C(=O)c2ccc(NC(=O)C3(CN)CCOCC3)cc2)CC1. The molecule has 0 unspecified atom stereocenters. The molecule has 1 aromatic carbocycles. The summed E-state index contributed by atoms with van der Waals surface area (Å²) in [4.78, 5) is 27.2. The van der Waals surface area contributed by atoms with Crippen LogP contribution in [0, 0.1) is 11.3 Å². The number of benzene rings is 1. The second-order valence-electron chi connectivity index (χ2n) is 7.60. The molecule has 2 fully saturated rings. The highest BCUT2D eigenvalue weighted by Gasteiger charge is 2.38. The maximum Gasteiger partial charge on any atom is 0.253 e. The molecule has 0 aliphatic carbocycles. The molecule has 142 valence electrons. The second kappa shape index (κ2) is 8.18. The highest BCUT2D eigenvalue weighted by molar-refractivity contribution is 5.97. The Kier molecular flexibility index (Phi) is 5.94. The van der Waals surface area contributed by atoms with Gasteiger partial charge in [0.2, 0.25) is 5.91 Å². The Morgan fingerprint density at radius 2 is 1.81 bits per heavy atom. The maximum atomic E-state index is 12.7. The number of carbonyl (C=O) groups is 2. The minimum absolute atomic E-state index is 0.0626. The standard InChI is InChI=1S/C20H29N3O3/c1-15-6-10-23(11-7-15)18(24)16-2-4-17(5-3-16)22-19(25)20(14-21)8-12-26-13-9-20/h2-5,15H,6-14,21H2,1H3,(H,22,25). The number of amides is 2. The van der Waals surface area contributed by atoms with E-state index in [9.17, 15) is 9.59 Å². The van der Waals surface area contributed by atoms with E-state index in [1.165, 1.54) is 0 Å². The molecule has 2 amide bonds.